The van der Waals surface area contributed by atoms with Gasteiger partial charge < -0.3 is 14.5 Å². The Balaban J connectivity index is 1.79. The lowest BCUT2D eigenvalue weighted by atomic mass is 10.1. The maximum atomic E-state index is 13.8. The Kier molecular flexibility index (Phi) is 4.43. The fourth-order valence-electron chi connectivity index (χ4n) is 2.76. The highest BCUT2D eigenvalue weighted by molar-refractivity contribution is 5.94. The quantitative estimate of drug-likeness (QED) is 0.842. The Morgan fingerprint density at radius 2 is 2.00 bits per heavy atom. The first kappa shape index (κ1) is 16.9. The van der Waals surface area contributed by atoms with Gasteiger partial charge in [-0.05, 0) is 24.3 Å². The molecule has 132 valence electrons. The minimum atomic E-state index is -0.575. The highest BCUT2D eigenvalue weighted by atomic mass is 19.1. The molecule has 2 amide bonds. The Labute approximate surface area is 144 Å². The van der Waals surface area contributed by atoms with Crippen molar-refractivity contribution in [2.75, 3.05) is 27.7 Å². The van der Waals surface area contributed by atoms with Crippen LogP contribution in [0.5, 0.6) is 5.75 Å². The number of aromatic nitrogens is 2. The van der Waals surface area contributed by atoms with Gasteiger partial charge in [0.2, 0.25) is 0 Å². The van der Waals surface area contributed by atoms with Gasteiger partial charge in [0.1, 0.15) is 0 Å². The molecule has 0 bridgehead atoms. The summed E-state index contributed by atoms with van der Waals surface area (Å²) in [4.78, 5) is 27.7. The number of methoxy groups -OCH3 is 1. The molecule has 2 aromatic rings. The van der Waals surface area contributed by atoms with Crippen LogP contribution >= 0.6 is 0 Å². The number of halogens is 1. The van der Waals surface area contributed by atoms with Crippen LogP contribution in [-0.2, 0) is 13.1 Å². The average molecular weight is 346 g/mol. The topological polar surface area (TPSA) is 67.7 Å². The Morgan fingerprint density at radius 3 is 2.64 bits per heavy atom. The lowest BCUT2D eigenvalue weighted by Gasteiger charge is -2.27. The van der Waals surface area contributed by atoms with E-state index in [0.717, 1.165) is 5.69 Å². The second-order valence-corrected chi connectivity index (χ2v) is 6.02. The van der Waals surface area contributed by atoms with Crippen LogP contribution in [0.25, 0.3) is 0 Å². The SMILES string of the molecule is COc1ccc(C(=O)N2CCn3nc(C(=O)N(C)C)cc3C2)cc1F. The average Bonchev–Trinajstić information content (AvgIpc) is 3.03. The smallest absolute Gasteiger partial charge is 0.273 e. The summed E-state index contributed by atoms with van der Waals surface area (Å²) in [6, 6.07) is 5.84. The zero-order chi connectivity index (χ0) is 18.1. The van der Waals surface area contributed by atoms with Crippen molar-refractivity contribution in [2.24, 2.45) is 0 Å². The molecule has 0 aliphatic carbocycles. The Bertz CT molecular complexity index is 831. The predicted octanol–water partition coefficient (Wildman–Crippen LogP) is 1.39. The summed E-state index contributed by atoms with van der Waals surface area (Å²) in [6.45, 7) is 1.25. The number of nitrogens with zero attached hydrogens (tertiary/aromatic N) is 4. The van der Waals surface area contributed by atoms with Gasteiger partial charge in [-0.2, -0.15) is 5.10 Å². The van der Waals surface area contributed by atoms with Crippen molar-refractivity contribution >= 4 is 11.8 Å². The van der Waals surface area contributed by atoms with Gasteiger partial charge in [0.15, 0.2) is 17.3 Å². The molecule has 1 aliphatic rings. The van der Waals surface area contributed by atoms with Crippen LogP contribution in [0.15, 0.2) is 24.3 Å². The van der Waals surface area contributed by atoms with Crippen molar-refractivity contribution in [1.82, 2.24) is 19.6 Å². The van der Waals surface area contributed by atoms with Crippen molar-refractivity contribution < 1.29 is 18.7 Å². The lowest BCUT2D eigenvalue weighted by molar-refractivity contribution is 0.0704. The van der Waals surface area contributed by atoms with Crippen LogP contribution in [-0.4, -0.2) is 59.1 Å². The molecule has 8 heteroatoms. The number of ether oxygens (including phenoxy) is 1. The second-order valence-electron chi connectivity index (χ2n) is 6.02. The predicted molar refractivity (Wildman–Crippen MR) is 87.9 cm³/mol. The molecule has 1 aliphatic heterocycles. The number of hydrogen-bond donors (Lipinski definition) is 0. The van der Waals surface area contributed by atoms with Gasteiger partial charge >= 0.3 is 0 Å². The van der Waals surface area contributed by atoms with E-state index in [2.05, 4.69) is 5.10 Å². The van der Waals surface area contributed by atoms with Crippen LogP contribution < -0.4 is 4.74 Å². The Morgan fingerprint density at radius 1 is 1.24 bits per heavy atom. The zero-order valence-corrected chi connectivity index (χ0v) is 14.3. The molecule has 0 atom stereocenters. The molecule has 1 aromatic carbocycles. The van der Waals surface area contributed by atoms with E-state index in [4.69, 9.17) is 4.74 Å². The number of benzene rings is 1. The third-order valence-electron chi connectivity index (χ3n) is 4.11. The standard InChI is InChI=1S/C17H19FN4O3/c1-20(2)17(24)14-9-12-10-21(6-7-22(12)19-14)16(23)11-4-5-15(25-3)13(18)8-11/h4-5,8-9H,6-7,10H2,1-3H3. The molecule has 0 saturated carbocycles. The summed E-state index contributed by atoms with van der Waals surface area (Å²) in [5.41, 5.74) is 1.39. The van der Waals surface area contributed by atoms with Crippen molar-refractivity contribution in [3.05, 3.63) is 47.0 Å². The van der Waals surface area contributed by atoms with E-state index in [-0.39, 0.29) is 23.1 Å². The first-order valence-electron chi connectivity index (χ1n) is 7.82. The van der Waals surface area contributed by atoms with Crippen LogP contribution in [0, 0.1) is 5.82 Å². The third-order valence-corrected chi connectivity index (χ3v) is 4.11. The molecule has 2 heterocycles. The van der Waals surface area contributed by atoms with Gasteiger partial charge in [-0.25, -0.2) is 4.39 Å². The van der Waals surface area contributed by atoms with Gasteiger partial charge in [-0.15, -0.1) is 0 Å². The molecule has 7 nitrogen and oxygen atoms in total. The van der Waals surface area contributed by atoms with E-state index in [1.807, 2.05) is 0 Å². The lowest BCUT2D eigenvalue weighted by Crippen LogP contribution is -2.38. The van der Waals surface area contributed by atoms with E-state index in [1.54, 1.807) is 29.7 Å². The first-order valence-corrected chi connectivity index (χ1v) is 7.82. The van der Waals surface area contributed by atoms with Gasteiger partial charge in [0, 0.05) is 26.2 Å². The summed E-state index contributed by atoms with van der Waals surface area (Å²) in [5.74, 6) is -0.930. The molecular formula is C17H19FN4O3. The second kappa shape index (κ2) is 6.54. The normalized spacial score (nSPS) is 13.4. The molecule has 0 radical (unpaired) electrons. The van der Waals surface area contributed by atoms with Gasteiger partial charge in [-0.3, -0.25) is 14.3 Å². The number of hydrogen-bond acceptors (Lipinski definition) is 4. The molecule has 0 spiro atoms. The van der Waals surface area contributed by atoms with Crippen molar-refractivity contribution in [2.45, 2.75) is 13.1 Å². The minimum Gasteiger partial charge on any atom is -0.494 e. The van der Waals surface area contributed by atoms with Crippen LogP contribution in [0.1, 0.15) is 26.5 Å². The molecule has 25 heavy (non-hydrogen) atoms. The number of fused-ring (bicyclic) bond motifs is 1. The number of amides is 2. The highest BCUT2D eigenvalue weighted by Gasteiger charge is 2.25. The first-order chi connectivity index (χ1) is 11.9. The van der Waals surface area contributed by atoms with E-state index in [1.165, 1.54) is 30.2 Å². The summed E-state index contributed by atoms with van der Waals surface area (Å²) >= 11 is 0. The third kappa shape index (κ3) is 3.19. The molecule has 0 saturated heterocycles. The van der Waals surface area contributed by atoms with Crippen molar-refractivity contribution in [1.29, 1.82) is 0 Å². The molecule has 0 unspecified atom stereocenters. The molecule has 0 N–H and O–H groups in total. The fourth-order valence-corrected chi connectivity index (χ4v) is 2.76. The largest absolute Gasteiger partial charge is 0.494 e. The van der Waals surface area contributed by atoms with Gasteiger partial charge in [0.25, 0.3) is 11.8 Å². The fraction of sp³-hybridized carbons (Fsp3) is 0.353. The molecule has 3 rings (SSSR count). The summed E-state index contributed by atoms with van der Waals surface area (Å²) < 4.78 is 20.4. The van der Waals surface area contributed by atoms with Gasteiger partial charge in [-0.1, -0.05) is 0 Å². The van der Waals surface area contributed by atoms with Crippen LogP contribution in [0.3, 0.4) is 0 Å². The van der Waals surface area contributed by atoms with E-state index >= 15 is 0 Å². The van der Waals surface area contributed by atoms with Crippen molar-refractivity contribution in [3.63, 3.8) is 0 Å². The maximum absolute atomic E-state index is 13.8. The summed E-state index contributed by atoms with van der Waals surface area (Å²) in [6.07, 6.45) is 0. The van der Waals surface area contributed by atoms with Crippen LogP contribution in [0.4, 0.5) is 4.39 Å². The monoisotopic (exact) mass is 346 g/mol. The van der Waals surface area contributed by atoms with Gasteiger partial charge in [0.05, 0.1) is 25.9 Å². The summed E-state index contributed by atoms with van der Waals surface area (Å²) in [5, 5.41) is 4.29. The maximum Gasteiger partial charge on any atom is 0.273 e. The van der Waals surface area contributed by atoms with E-state index < -0.39 is 5.82 Å². The molecule has 0 fully saturated rings. The van der Waals surface area contributed by atoms with E-state index in [0.29, 0.717) is 25.3 Å². The highest BCUT2D eigenvalue weighted by Crippen LogP contribution is 2.21. The molecule has 1 aromatic heterocycles. The minimum absolute atomic E-state index is 0.0973. The zero-order valence-electron chi connectivity index (χ0n) is 14.3. The Hall–Kier alpha value is -2.90. The van der Waals surface area contributed by atoms with E-state index in [9.17, 15) is 14.0 Å². The number of carbonyl (C=O) groups is 2. The van der Waals surface area contributed by atoms with Crippen LogP contribution in [0.2, 0.25) is 0 Å². The molecular weight excluding hydrogens is 327 g/mol. The summed E-state index contributed by atoms with van der Waals surface area (Å²) in [7, 11) is 4.70. The van der Waals surface area contributed by atoms with Crippen molar-refractivity contribution in [3.8, 4) is 5.75 Å². The number of rotatable bonds is 3. The number of carbonyl (C=O) groups excluding carboxylic acids is 2.